The molecule has 2 N–H and O–H groups in total. The molecule has 1 aromatic rings. The molecule has 3 fully saturated rings. The van der Waals surface area contributed by atoms with Crippen molar-refractivity contribution < 1.29 is 14.3 Å². The van der Waals surface area contributed by atoms with Gasteiger partial charge in [-0.1, -0.05) is 32.1 Å². The third kappa shape index (κ3) is 3.85. The van der Waals surface area contributed by atoms with E-state index in [0.717, 1.165) is 44.3 Å². The third-order valence-electron chi connectivity index (χ3n) is 10.1. The van der Waals surface area contributed by atoms with Crippen molar-refractivity contribution >= 4 is 11.8 Å². The number of benzene rings is 1. The number of rotatable bonds is 5. The molecule has 0 radical (unpaired) electrons. The van der Waals surface area contributed by atoms with Crippen molar-refractivity contribution in [2.75, 3.05) is 7.11 Å². The van der Waals surface area contributed by atoms with Gasteiger partial charge in [-0.15, -0.1) is 0 Å². The maximum Gasteiger partial charge on any atom is 0.243 e. The summed E-state index contributed by atoms with van der Waals surface area (Å²) in [6.07, 6.45) is 11.4. The first kappa shape index (κ1) is 23.4. The third-order valence-corrected chi connectivity index (χ3v) is 10.1. The van der Waals surface area contributed by atoms with Crippen LogP contribution in [0.15, 0.2) is 36.4 Å². The standard InChI is InChI=1S/C29H40N2O3/c1-18(17-19-5-7-20(34-4)8-6-19)30-27(33)24-11-10-22-21-9-12-25-29(3,16-14-26(32)31-25)23(21)13-15-28(22,24)2/h5-8,14,16,18,21-25H,9-13,15,17H2,1-4H3,(H,30,33)(H,31,32)/t18?,21-,22-,23+,24?,25?,28-,29+/m0/s1. The molecule has 5 rings (SSSR count). The number of fused-ring (bicyclic) bond motifs is 5. The molecule has 5 heteroatoms. The van der Waals surface area contributed by atoms with Crippen LogP contribution in [0.5, 0.6) is 5.75 Å². The maximum absolute atomic E-state index is 13.5. The highest BCUT2D eigenvalue weighted by molar-refractivity contribution is 5.89. The van der Waals surface area contributed by atoms with E-state index in [2.05, 4.69) is 49.6 Å². The number of amides is 2. The number of hydrogen-bond donors (Lipinski definition) is 2. The lowest BCUT2D eigenvalue weighted by molar-refractivity contribution is -0.134. The first-order valence-electron chi connectivity index (χ1n) is 13.2. The summed E-state index contributed by atoms with van der Waals surface area (Å²) in [6, 6.07) is 8.48. The number of carbonyl (C=O) groups is 2. The van der Waals surface area contributed by atoms with Crippen LogP contribution in [-0.4, -0.2) is 31.0 Å². The van der Waals surface area contributed by atoms with Crippen molar-refractivity contribution in [3.63, 3.8) is 0 Å². The average Bonchev–Trinajstić information content (AvgIpc) is 3.17. The van der Waals surface area contributed by atoms with E-state index in [1.807, 2.05) is 12.1 Å². The largest absolute Gasteiger partial charge is 0.497 e. The number of methoxy groups -OCH3 is 1. The number of carbonyl (C=O) groups excluding carboxylic acids is 2. The fourth-order valence-corrected chi connectivity index (χ4v) is 8.27. The van der Waals surface area contributed by atoms with E-state index >= 15 is 0 Å². The molecule has 4 aliphatic rings. The van der Waals surface area contributed by atoms with E-state index in [1.165, 1.54) is 12.0 Å². The molecule has 3 saturated carbocycles. The van der Waals surface area contributed by atoms with Gasteiger partial charge >= 0.3 is 0 Å². The first-order chi connectivity index (χ1) is 16.2. The molecule has 2 amide bonds. The molecular weight excluding hydrogens is 424 g/mol. The van der Waals surface area contributed by atoms with Crippen molar-refractivity contribution in [1.29, 1.82) is 0 Å². The normalized spacial score (nSPS) is 39.3. The smallest absolute Gasteiger partial charge is 0.243 e. The van der Waals surface area contributed by atoms with Crippen LogP contribution < -0.4 is 15.4 Å². The second-order valence-corrected chi connectivity index (χ2v) is 11.9. The van der Waals surface area contributed by atoms with E-state index in [-0.39, 0.29) is 40.6 Å². The van der Waals surface area contributed by atoms with Gasteiger partial charge in [0.25, 0.3) is 0 Å². The predicted molar refractivity (Wildman–Crippen MR) is 133 cm³/mol. The van der Waals surface area contributed by atoms with Crippen LogP contribution in [0.4, 0.5) is 0 Å². The molecule has 0 spiro atoms. The van der Waals surface area contributed by atoms with Gasteiger partial charge < -0.3 is 15.4 Å². The highest BCUT2D eigenvalue weighted by atomic mass is 16.5. The van der Waals surface area contributed by atoms with Gasteiger partial charge in [0.15, 0.2) is 0 Å². The Hall–Kier alpha value is -2.30. The summed E-state index contributed by atoms with van der Waals surface area (Å²) in [7, 11) is 1.68. The lowest BCUT2D eigenvalue weighted by atomic mass is 9.48. The van der Waals surface area contributed by atoms with E-state index in [4.69, 9.17) is 4.74 Å². The van der Waals surface area contributed by atoms with Gasteiger partial charge in [0, 0.05) is 23.4 Å². The molecule has 0 aromatic heterocycles. The maximum atomic E-state index is 13.5. The second kappa shape index (κ2) is 8.73. The Morgan fingerprint density at radius 3 is 2.62 bits per heavy atom. The fraction of sp³-hybridized carbons (Fsp3) is 0.655. The summed E-state index contributed by atoms with van der Waals surface area (Å²) in [5.74, 6) is 3.10. The van der Waals surface area contributed by atoms with Crippen LogP contribution in [0.2, 0.25) is 0 Å². The van der Waals surface area contributed by atoms with Crippen molar-refractivity contribution in [2.45, 2.75) is 77.8 Å². The minimum Gasteiger partial charge on any atom is -0.497 e. The highest BCUT2D eigenvalue weighted by Gasteiger charge is 2.60. The van der Waals surface area contributed by atoms with Crippen molar-refractivity contribution in [1.82, 2.24) is 10.6 Å². The monoisotopic (exact) mass is 464 g/mol. The predicted octanol–water partition coefficient (Wildman–Crippen LogP) is 4.66. The summed E-state index contributed by atoms with van der Waals surface area (Å²) in [5.41, 5.74) is 1.34. The quantitative estimate of drug-likeness (QED) is 0.666. The van der Waals surface area contributed by atoms with Gasteiger partial charge in [-0.2, -0.15) is 0 Å². The Morgan fingerprint density at radius 1 is 1.12 bits per heavy atom. The van der Waals surface area contributed by atoms with Gasteiger partial charge in [0.1, 0.15) is 5.75 Å². The van der Waals surface area contributed by atoms with Crippen LogP contribution in [-0.2, 0) is 16.0 Å². The van der Waals surface area contributed by atoms with Crippen LogP contribution in [0.1, 0.15) is 64.9 Å². The molecule has 1 aromatic carbocycles. The van der Waals surface area contributed by atoms with Crippen molar-refractivity contribution in [3.8, 4) is 5.75 Å². The van der Waals surface area contributed by atoms with Crippen LogP contribution in [0.3, 0.4) is 0 Å². The molecule has 8 atom stereocenters. The van der Waals surface area contributed by atoms with Crippen molar-refractivity contribution in [2.24, 2.45) is 34.5 Å². The molecule has 3 unspecified atom stereocenters. The van der Waals surface area contributed by atoms with E-state index in [1.54, 1.807) is 13.2 Å². The van der Waals surface area contributed by atoms with Gasteiger partial charge in [0.2, 0.25) is 11.8 Å². The Labute approximate surface area is 204 Å². The first-order valence-corrected chi connectivity index (χ1v) is 13.2. The summed E-state index contributed by atoms with van der Waals surface area (Å²) >= 11 is 0. The lowest BCUT2D eigenvalue weighted by Gasteiger charge is -2.58. The molecule has 1 aliphatic heterocycles. The molecular formula is C29H40N2O3. The zero-order valence-electron chi connectivity index (χ0n) is 21.1. The topological polar surface area (TPSA) is 67.4 Å². The molecule has 0 saturated heterocycles. The molecule has 184 valence electrons. The van der Waals surface area contributed by atoms with Crippen LogP contribution in [0.25, 0.3) is 0 Å². The minimum absolute atomic E-state index is 0.0470. The van der Waals surface area contributed by atoms with E-state index < -0.39 is 0 Å². The zero-order valence-corrected chi connectivity index (χ0v) is 21.1. The Bertz CT molecular complexity index is 972. The van der Waals surface area contributed by atoms with E-state index in [0.29, 0.717) is 17.8 Å². The van der Waals surface area contributed by atoms with Gasteiger partial charge in [-0.05, 0) is 98.8 Å². The summed E-state index contributed by atoms with van der Waals surface area (Å²) in [6.45, 7) is 6.86. The van der Waals surface area contributed by atoms with Crippen LogP contribution >= 0.6 is 0 Å². The zero-order chi connectivity index (χ0) is 24.1. The average molecular weight is 465 g/mol. The fourth-order valence-electron chi connectivity index (χ4n) is 8.27. The molecule has 0 bridgehead atoms. The molecule has 1 heterocycles. The van der Waals surface area contributed by atoms with Gasteiger partial charge in [-0.3, -0.25) is 9.59 Å². The highest BCUT2D eigenvalue weighted by Crippen LogP contribution is 2.65. The minimum atomic E-state index is 0.0470. The Balaban J connectivity index is 1.26. The van der Waals surface area contributed by atoms with Gasteiger partial charge in [-0.25, -0.2) is 0 Å². The van der Waals surface area contributed by atoms with Crippen molar-refractivity contribution in [3.05, 3.63) is 42.0 Å². The Morgan fingerprint density at radius 2 is 1.88 bits per heavy atom. The number of nitrogens with one attached hydrogen (secondary N) is 2. The number of ether oxygens (including phenoxy) is 1. The van der Waals surface area contributed by atoms with E-state index in [9.17, 15) is 9.59 Å². The summed E-state index contributed by atoms with van der Waals surface area (Å²) in [5, 5.41) is 6.60. The molecule has 34 heavy (non-hydrogen) atoms. The SMILES string of the molecule is COc1ccc(CC(C)NC(=O)C2CC[C@H]3[C@@H]4CCC5NC(=O)C=C[C@]5(C)[C@@H]4CC[C@]23C)cc1. The lowest BCUT2D eigenvalue weighted by Crippen LogP contribution is -2.59. The summed E-state index contributed by atoms with van der Waals surface area (Å²) < 4.78 is 5.25. The molecule has 3 aliphatic carbocycles. The van der Waals surface area contributed by atoms with Crippen LogP contribution in [0, 0.1) is 34.5 Å². The second-order valence-electron chi connectivity index (χ2n) is 11.9. The summed E-state index contributed by atoms with van der Waals surface area (Å²) in [4.78, 5) is 25.5. The Kier molecular flexibility index (Phi) is 6.02. The molecule has 5 nitrogen and oxygen atoms in total. The number of hydrogen-bond acceptors (Lipinski definition) is 3. The van der Waals surface area contributed by atoms with Gasteiger partial charge in [0.05, 0.1) is 7.11 Å².